The highest BCUT2D eigenvalue weighted by atomic mass is 31.2. The Bertz CT molecular complexity index is 952. The maximum absolute atomic E-state index is 13.1. The molecule has 24 heavy (non-hydrogen) atoms. The molecule has 3 aromatic rings. The van der Waals surface area contributed by atoms with Crippen LogP contribution in [0.3, 0.4) is 0 Å². The van der Waals surface area contributed by atoms with Crippen LogP contribution in [-0.4, -0.2) is 20.2 Å². The molecule has 0 radical (unpaired) electrons. The van der Waals surface area contributed by atoms with Gasteiger partial charge in [0, 0.05) is 10.9 Å². The Labute approximate surface area is 138 Å². The van der Waals surface area contributed by atoms with E-state index in [9.17, 15) is 24.8 Å². The Morgan fingerprint density at radius 1 is 0.667 bits per heavy atom. The summed E-state index contributed by atoms with van der Waals surface area (Å²) in [5.74, 6) is -0.632. The molecule has 0 saturated heterocycles. The highest BCUT2D eigenvalue weighted by Gasteiger charge is 2.31. The van der Waals surface area contributed by atoms with E-state index in [1.807, 2.05) is 0 Å². The Morgan fingerprint density at radius 2 is 1.29 bits per heavy atom. The molecule has 0 bridgehead atoms. The van der Waals surface area contributed by atoms with Gasteiger partial charge in [0.05, 0.1) is 5.30 Å². The molecule has 0 fully saturated rings. The minimum Gasteiger partial charge on any atom is -0.508 e. The van der Waals surface area contributed by atoms with Gasteiger partial charge in [-0.05, 0) is 35.9 Å². The second-order valence-corrected chi connectivity index (χ2v) is 7.40. The third-order valence-electron chi connectivity index (χ3n) is 3.71. The van der Waals surface area contributed by atoms with Gasteiger partial charge in [0.15, 0.2) is 0 Å². The van der Waals surface area contributed by atoms with E-state index in [2.05, 4.69) is 0 Å². The molecule has 0 amide bonds. The van der Waals surface area contributed by atoms with E-state index in [-0.39, 0.29) is 27.9 Å². The van der Waals surface area contributed by atoms with Gasteiger partial charge in [0.25, 0.3) is 7.37 Å². The van der Waals surface area contributed by atoms with E-state index in [1.165, 1.54) is 18.2 Å². The molecule has 6 heteroatoms. The zero-order valence-electron chi connectivity index (χ0n) is 12.5. The van der Waals surface area contributed by atoms with Crippen molar-refractivity contribution in [1.29, 1.82) is 0 Å². The fourth-order valence-corrected chi connectivity index (χ4v) is 4.31. The topological polar surface area (TPSA) is 98.0 Å². The molecule has 0 aromatic heterocycles. The van der Waals surface area contributed by atoms with Gasteiger partial charge in [-0.15, -0.1) is 0 Å². The van der Waals surface area contributed by atoms with Gasteiger partial charge in [0.2, 0.25) is 0 Å². The quantitative estimate of drug-likeness (QED) is 0.433. The lowest BCUT2D eigenvalue weighted by molar-refractivity contribution is 0.459. The highest BCUT2D eigenvalue weighted by Crippen LogP contribution is 2.45. The van der Waals surface area contributed by atoms with Crippen LogP contribution in [0.4, 0.5) is 0 Å². The summed E-state index contributed by atoms with van der Waals surface area (Å²) in [4.78, 5) is 10.7. The number of hydrogen-bond acceptors (Lipinski definition) is 4. The Balaban J connectivity index is 2.25. The number of phenols is 3. The standard InChI is InChI=1S/C18H15O5P/c19-12-9-10-16(21)18(11-12)24(22,23)17-8-4-2-6-14(17)13-5-1-3-7-15(13)20/h1-11,19-21H,(H,22,23). The van der Waals surface area contributed by atoms with Crippen LogP contribution in [0.1, 0.15) is 0 Å². The van der Waals surface area contributed by atoms with Crippen LogP contribution >= 0.6 is 7.37 Å². The average molecular weight is 342 g/mol. The first-order valence-electron chi connectivity index (χ1n) is 7.14. The Hall–Kier alpha value is -2.75. The van der Waals surface area contributed by atoms with Crippen molar-refractivity contribution in [2.45, 2.75) is 0 Å². The summed E-state index contributed by atoms with van der Waals surface area (Å²) in [6, 6.07) is 16.3. The van der Waals surface area contributed by atoms with E-state index in [1.54, 1.807) is 36.4 Å². The Morgan fingerprint density at radius 3 is 2.00 bits per heavy atom. The van der Waals surface area contributed by atoms with Crippen LogP contribution in [0.2, 0.25) is 0 Å². The third kappa shape index (κ3) is 2.75. The number of rotatable bonds is 3. The van der Waals surface area contributed by atoms with Crippen molar-refractivity contribution < 1.29 is 24.8 Å². The molecule has 3 aromatic carbocycles. The third-order valence-corrected chi connectivity index (χ3v) is 5.76. The molecule has 0 aliphatic carbocycles. The molecule has 0 aliphatic rings. The summed E-state index contributed by atoms with van der Waals surface area (Å²) in [7, 11) is -4.21. The molecular weight excluding hydrogens is 327 g/mol. The average Bonchev–Trinajstić information content (AvgIpc) is 2.57. The van der Waals surface area contributed by atoms with Crippen LogP contribution in [-0.2, 0) is 4.57 Å². The molecule has 4 N–H and O–H groups in total. The first-order valence-corrected chi connectivity index (χ1v) is 8.80. The summed E-state index contributed by atoms with van der Waals surface area (Å²) in [6.07, 6.45) is 0. The summed E-state index contributed by atoms with van der Waals surface area (Å²) < 4.78 is 13.1. The molecule has 5 nitrogen and oxygen atoms in total. The fourth-order valence-electron chi connectivity index (χ4n) is 2.55. The van der Waals surface area contributed by atoms with Crippen molar-refractivity contribution in [2.75, 3.05) is 0 Å². The van der Waals surface area contributed by atoms with Gasteiger partial charge in [-0.3, -0.25) is 4.57 Å². The van der Waals surface area contributed by atoms with Gasteiger partial charge in [-0.25, -0.2) is 0 Å². The fraction of sp³-hybridized carbons (Fsp3) is 0. The summed E-state index contributed by atoms with van der Waals surface area (Å²) >= 11 is 0. The molecule has 1 unspecified atom stereocenters. The summed E-state index contributed by atoms with van der Waals surface area (Å²) in [5, 5.41) is 29.4. The van der Waals surface area contributed by atoms with Crippen molar-refractivity contribution in [2.24, 2.45) is 0 Å². The van der Waals surface area contributed by atoms with Crippen molar-refractivity contribution in [1.82, 2.24) is 0 Å². The van der Waals surface area contributed by atoms with Crippen molar-refractivity contribution in [3.05, 3.63) is 66.7 Å². The van der Waals surface area contributed by atoms with Crippen molar-refractivity contribution in [3.63, 3.8) is 0 Å². The van der Waals surface area contributed by atoms with Gasteiger partial charge in [-0.2, -0.15) is 0 Å². The maximum atomic E-state index is 13.1. The summed E-state index contributed by atoms with van der Waals surface area (Å²) in [5.41, 5.74) is 0.784. The predicted octanol–water partition coefficient (Wildman–Crippen LogP) is 2.69. The molecule has 0 heterocycles. The SMILES string of the molecule is O=P(O)(c1cc(O)ccc1O)c1ccccc1-c1ccccc1O. The number of phenolic OH excluding ortho intramolecular Hbond substituents is 3. The van der Waals surface area contributed by atoms with Crippen molar-refractivity contribution in [3.8, 4) is 28.4 Å². The van der Waals surface area contributed by atoms with Crippen LogP contribution in [0, 0.1) is 0 Å². The van der Waals surface area contributed by atoms with Gasteiger partial charge in [-0.1, -0.05) is 36.4 Å². The maximum Gasteiger partial charge on any atom is 0.263 e. The Kier molecular flexibility index (Phi) is 4.06. The van der Waals surface area contributed by atoms with Crippen LogP contribution in [0.25, 0.3) is 11.1 Å². The lowest BCUT2D eigenvalue weighted by Crippen LogP contribution is -2.18. The van der Waals surface area contributed by atoms with Crippen LogP contribution in [0.15, 0.2) is 66.7 Å². The van der Waals surface area contributed by atoms with E-state index in [4.69, 9.17) is 0 Å². The zero-order valence-corrected chi connectivity index (χ0v) is 13.4. The van der Waals surface area contributed by atoms with Gasteiger partial charge >= 0.3 is 0 Å². The second kappa shape index (κ2) is 6.04. The van der Waals surface area contributed by atoms with E-state index in [0.717, 1.165) is 12.1 Å². The molecular formula is C18H15O5P. The lowest BCUT2D eigenvalue weighted by Gasteiger charge is -2.18. The van der Waals surface area contributed by atoms with Crippen molar-refractivity contribution >= 4 is 18.0 Å². The first-order chi connectivity index (χ1) is 11.4. The monoisotopic (exact) mass is 342 g/mol. The van der Waals surface area contributed by atoms with E-state index < -0.39 is 7.37 Å². The summed E-state index contributed by atoms with van der Waals surface area (Å²) in [6.45, 7) is 0. The molecule has 0 aliphatic heterocycles. The molecule has 1 atom stereocenters. The first kappa shape index (κ1) is 16.1. The highest BCUT2D eigenvalue weighted by molar-refractivity contribution is 7.74. The number of hydrogen-bond donors (Lipinski definition) is 4. The molecule has 0 spiro atoms. The zero-order chi connectivity index (χ0) is 17.3. The molecule has 0 saturated carbocycles. The minimum absolute atomic E-state index is 0.0231. The smallest absolute Gasteiger partial charge is 0.263 e. The minimum atomic E-state index is -4.21. The van der Waals surface area contributed by atoms with Crippen LogP contribution in [0.5, 0.6) is 17.2 Å². The molecule has 3 rings (SSSR count). The predicted molar refractivity (Wildman–Crippen MR) is 92.4 cm³/mol. The lowest BCUT2D eigenvalue weighted by atomic mass is 10.0. The number of para-hydroxylation sites is 1. The number of benzene rings is 3. The van der Waals surface area contributed by atoms with Crippen LogP contribution < -0.4 is 10.6 Å². The van der Waals surface area contributed by atoms with Gasteiger partial charge in [0.1, 0.15) is 17.2 Å². The normalized spacial score (nSPS) is 13.4. The molecule has 122 valence electrons. The second-order valence-electron chi connectivity index (χ2n) is 5.28. The number of aromatic hydroxyl groups is 3. The van der Waals surface area contributed by atoms with E-state index >= 15 is 0 Å². The largest absolute Gasteiger partial charge is 0.508 e. The van der Waals surface area contributed by atoms with E-state index in [0.29, 0.717) is 11.1 Å². The van der Waals surface area contributed by atoms with Gasteiger partial charge < -0.3 is 20.2 Å².